The molecule has 118 valence electrons. The molecule has 2 unspecified atom stereocenters. The number of carbonyl (C=O) groups is 1. The van der Waals surface area contributed by atoms with Crippen LogP contribution in [0.5, 0.6) is 0 Å². The van der Waals surface area contributed by atoms with Crippen LogP contribution in [0.15, 0.2) is 18.2 Å². The number of aliphatic hydroxyl groups is 1. The molecule has 0 amide bonds. The average molecular weight is 301 g/mol. The van der Waals surface area contributed by atoms with Crippen LogP contribution in [0.25, 0.3) is 0 Å². The lowest BCUT2D eigenvalue weighted by molar-refractivity contribution is -0.153. The van der Waals surface area contributed by atoms with Gasteiger partial charge in [-0.3, -0.25) is 9.69 Å². The lowest BCUT2D eigenvalue weighted by Crippen LogP contribution is -2.40. The molecule has 6 heteroatoms. The number of aliphatic hydroxyl groups excluding tert-OH is 1. The molecule has 0 spiro atoms. The van der Waals surface area contributed by atoms with E-state index in [0.29, 0.717) is 0 Å². The summed E-state index contributed by atoms with van der Waals surface area (Å²) in [6, 6.07) is 2.42. The van der Waals surface area contributed by atoms with Crippen LogP contribution in [0.3, 0.4) is 0 Å². The molecule has 0 aliphatic carbocycles. The Morgan fingerprint density at radius 2 is 1.95 bits per heavy atom. The van der Waals surface area contributed by atoms with Crippen molar-refractivity contribution in [2.45, 2.75) is 39.0 Å². The third kappa shape index (κ3) is 5.06. The first kappa shape index (κ1) is 17.5. The average Bonchev–Trinajstić information content (AvgIpc) is 2.36. The van der Waals surface area contributed by atoms with Crippen molar-refractivity contribution in [3.05, 3.63) is 35.4 Å². The summed E-state index contributed by atoms with van der Waals surface area (Å²) in [7, 11) is 1.62. The van der Waals surface area contributed by atoms with Crippen LogP contribution in [0.1, 0.15) is 32.4 Å². The summed E-state index contributed by atoms with van der Waals surface area (Å²) in [5.74, 6) is -1.93. The van der Waals surface area contributed by atoms with Gasteiger partial charge in [-0.1, -0.05) is 6.07 Å². The van der Waals surface area contributed by atoms with E-state index in [9.17, 15) is 18.7 Å². The molecule has 0 aromatic heterocycles. The Hall–Kier alpha value is -1.53. The Labute approximate surface area is 123 Å². The van der Waals surface area contributed by atoms with Gasteiger partial charge in [-0.15, -0.1) is 0 Å². The van der Waals surface area contributed by atoms with Gasteiger partial charge in [0.05, 0.1) is 12.2 Å². The SMILES string of the molecule is CC(C)OC(=O)C(C)N(C)CC(O)c1ccc(F)cc1F. The maximum Gasteiger partial charge on any atom is 0.323 e. The monoisotopic (exact) mass is 301 g/mol. The molecule has 0 heterocycles. The Kier molecular flexibility index (Phi) is 6.23. The fraction of sp³-hybridized carbons (Fsp3) is 0.533. The largest absolute Gasteiger partial charge is 0.462 e. The molecule has 0 aliphatic rings. The highest BCUT2D eigenvalue weighted by molar-refractivity contribution is 5.75. The van der Waals surface area contributed by atoms with Crippen LogP contribution in [0, 0.1) is 11.6 Å². The molecule has 0 aliphatic heterocycles. The second kappa shape index (κ2) is 7.47. The lowest BCUT2D eigenvalue weighted by atomic mass is 10.1. The minimum atomic E-state index is -1.16. The van der Waals surface area contributed by atoms with Crippen molar-refractivity contribution in [3.63, 3.8) is 0 Å². The summed E-state index contributed by atoms with van der Waals surface area (Å²) >= 11 is 0. The minimum Gasteiger partial charge on any atom is -0.462 e. The van der Waals surface area contributed by atoms with E-state index in [0.717, 1.165) is 12.1 Å². The number of hydrogen-bond acceptors (Lipinski definition) is 4. The molecule has 1 aromatic rings. The summed E-state index contributed by atoms with van der Waals surface area (Å²) < 4.78 is 31.5. The highest BCUT2D eigenvalue weighted by Gasteiger charge is 2.24. The normalized spacial score (nSPS) is 14.3. The number of esters is 1. The maximum atomic E-state index is 13.6. The number of nitrogens with zero attached hydrogens (tertiary/aromatic N) is 1. The van der Waals surface area contributed by atoms with Crippen molar-refractivity contribution < 1.29 is 23.4 Å². The predicted molar refractivity (Wildman–Crippen MR) is 74.6 cm³/mol. The third-order valence-electron chi connectivity index (χ3n) is 3.14. The Bertz CT molecular complexity index is 494. The second-order valence-electron chi connectivity index (χ2n) is 5.28. The van der Waals surface area contributed by atoms with Gasteiger partial charge in [0.15, 0.2) is 0 Å². The van der Waals surface area contributed by atoms with E-state index in [1.807, 2.05) is 0 Å². The van der Waals surface area contributed by atoms with Gasteiger partial charge in [0.25, 0.3) is 0 Å². The van der Waals surface area contributed by atoms with E-state index in [1.54, 1.807) is 32.7 Å². The Morgan fingerprint density at radius 3 is 2.48 bits per heavy atom. The number of hydrogen-bond donors (Lipinski definition) is 1. The molecular weight excluding hydrogens is 280 g/mol. The van der Waals surface area contributed by atoms with Crippen LogP contribution < -0.4 is 0 Å². The number of benzene rings is 1. The van der Waals surface area contributed by atoms with Gasteiger partial charge in [-0.2, -0.15) is 0 Å². The number of carbonyl (C=O) groups excluding carboxylic acids is 1. The minimum absolute atomic E-state index is 0.00678. The van der Waals surface area contributed by atoms with Crippen molar-refractivity contribution in [1.82, 2.24) is 4.90 Å². The molecule has 0 radical (unpaired) electrons. The molecule has 0 saturated heterocycles. The van der Waals surface area contributed by atoms with Crippen LogP contribution in [0.2, 0.25) is 0 Å². The zero-order valence-electron chi connectivity index (χ0n) is 12.6. The summed E-state index contributed by atoms with van der Waals surface area (Å²) in [5, 5.41) is 10.0. The summed E-state index contributed by atoms with van der Waals surface area (Å²) in [4.78, 5) is 13.3. The van der Waals surface area contributed by atoms with Crippen molar-refractivity contribution in [2.75, 3.05) is 13.6 Å². The van der Waals surface area contributed by atoms with Gasteiger partial charge in [0, 0.05) is 18.2 Å². The fourth-order valence-corrected chi connectivity index (χ4v) is 1.81. The number of rotatable bonds is 6. The molecule has 1 rings (SSSR count). The molecule has 0 bridgehead atoms. The molecule has 4 nitrogen and oxygen atoms in total. The number of likely N-dealkylation sites (N-methyl/N-ethyl adjacent to an activating group) is 1. The topological polar surface area (TPSA) is 49.8 Å². The smallest absolute Gasteiger partial charge is 0.323 e. The van der Waals surface area contributed by atoms with Crippen LogP contribution in [0.4, 0.5) is 8.78 Å². The van der Waals surface area contributed by atoms with Crippen LogP contribution >= 0.6 is 0 Å². The molecule has 1 aromatic carbocycles. The first-order valence-corrected chi connectivity index (χ1v) is 6.76. The first-order valence-electron chi connectivity index (χ1n) is 6.76. The molecule has 0 fully saturated rings. The summed E-state index contributed by atoms with van der Waals surface area (Å²) in [6.45, 7) is 5.15. The molecule has 2 atom stereocenters. The summed E-state index contributed by atoms with van der Waals surface area (Å²) in [5.41, 5.74) is -0.00678. The number of ether oxygens (including phenoxy) is 1. The molecule has 1 N–H and O–H groups in total. The van der Waals surface area contributed by atoms with E-state index in [1.165, 1.54) is 6.07 Å². The van der Waals surface area contributed by atoms with E-state index in [4.69, 9.17) is 4.74 Å². The zero-order chi connectivity index (χ0) is 16.2. The van der Waals surface area contributed by atoms with E-state index >= 15 is 0 Å². The van der Waals surface area contributed by atoms with Crippen molar-refractivity contribution in [1.29, 1.82) is 0 Å². The van der Waals surface area contributed by atoms with Gasteiger partial charge in [0.2, 0.25) is 0 Å². The van der Waals surface area contributed by atoms with Gasteiger partial charge < -0.3 is 9.84 Å². The van der Waals surface area contributed by atoms with E-state index in [-0.39, 0.29) is 18.2 Å². The standard InChI is InChI=1S/C15H21F2NO3/c1-9(2)21-15(20)10(3)18(4)8-14(19)12-6-5-11(16)7-13(12)17/h5-7,9-10,14,19H,8H2,1-4H3. The van der Waals surface area contributed by atoms with Gasteiger partial charge >= 0.3 is 5.97 Å². The Balaban J connectivity index is 2.69. The Morgan fingerprint density at radius 1 is 1.33 bits per heavy atom. The maximum absolute atomic E-state index is 13.6. The van der Waals surface area contributed by atoms with Crippen molar-refractivity contribution >= 4 is 5.97 Å². The quantitative estimate of drug-likeness (QED) is 0.819. The van der Waals surface area contributed by atoms with E-state index < -0.39 is 29.7 Å². The lowest BCUT2D eigenvalue weighted by Gasteiger charge is -2.26. The highest BCUT2D eigenvalue weighted by atomic mass is 19.1. The van der Waals surface area contributed by atoms with Crippen molar-refractivity contribution in [2.24, 2.45) is 0 Å². The third-order valence-corrected chi connectivity index (χ3v) is 3.14. The summed E-state index contributed by atoms with van der Waals surface area (Å²) in [6.07, 6.45) is -1.39. The zero-order valence-corrected chi connectivity index (χ0v) is 12.6. The number of halogens is 2. The van der Waals surface area contributed by atoms with Gasteiger partial charge in [-0.25, -0.2) is 8.78 Å². The molecule has 0 saturated carbocycles. The first-order chi connectivity index (χ1) is 9.72. The van der Waals surface area contributed by atoms with Crippen molar-refractivity contribution in [3.8, 4) is 0 Å². The highest BCUT2D eigenvalue weighted by Crippen LogP contribution is 2.19. The van der Waals surface area contributed by atoms with Gasteiger partial charge in [-0.05, 0) is 33.9 Å². The van der Waals surface area contributed by atoms with E-state index in [2.05, 4.69) is 0 Å². The van der Waals surface area contributed by atoms with Crippen LogP contribution in [-0.4, -0.2) is 41.7 Å². The van der Waals surface area contributed by atoms with Crippen LogP contribution in [-0.2, 0) is 9.53 Å². The molecular formula is C15H21F2NO3. The fourth-order valence-electron chi connectivity index (χ4n) is 1.81. The van der Waals surface area contributed by atoms with Gasteiger partial charge in [0.1, 0.15) is 17.7 Å². The molecule has 21 heavy (non-hydrogen) atoms. The predicted octanol–water partition coefficient (Wildman–Crippen LogP) is 2.27. The second-order valence-corrected chi connectivity index (χ2v) is 5.28.